The summed E-state index contributed by atoms with van der Waals surface area (Å²) in [6, 6.07) is 12.2. The highest BCUT2D eigenvalue weighted by Gasteiger charge is 2.04. The van der Waals surface area contributed by atoms with Gasteiger partial charge in [-0.15, -0.1) is 0 Å². The number of hydrogen-bond acceptors (Lipinski definition) is 3. The van der Waals surface area contributed by atoms with E-state index in [1.54, 1.807) is 0 Å². The predicted molar refractivity (Wildman–Crippen MR) is 79.7 cm³/mol. The molecule has 2 aromatic rings. The maximum absolute atomic E-state index is 5.70. The van der Waals surface area contributed by atoms with Crippen molar-refractivity contribution in [2.75, 3.05) is 18.8 Å². The van der Waals surface area contributed by atoms with Crippen LogP contribution in [0, 0.1) is 0 Å². The molecule has 0 aliphatic rings. The number of nitrogens with two attached hydrogens (primary N) is 1. The van der Waals surface area contributed by atoms with Gasteiger partial charge in [-0.3, -0.25) is 9.88 Å². The monoisotopic (exact) mass is 255 g/mol. The maximum atomic E-state index is 5.70. The molecule has 1 aromatic carbocycles. The van der Waals surface area contributed by atoms with Crippen LogP contribution in [0.25, 0.3) is 0 Å². The highest BCUT2D eigenvalue weighted by molar-refractivity contribution is 5.39. The van der Waals surface area contributed by atoms with Gasteiger partial charge in [0.15, 0.2) is 0 Å². The molecule has 0 saturated heterocycles. The second kappa shape index (κ2) is 6.90. The van der Waals surface area contributed by atoms with E-state index in [0.717, 1.165) is 31.7 Å². The summed E-state index contributed by atoms with van der Waals surface area (Å²) in [6.07, 6.45) is 4.79. The zero-order valence-electron chi connectivity index (χ0n) is 11.4. The number of nitrogens with zero attached hydrogens (tertiary/aromatic N) is 2. The molecule has 0 aliphatic carbocycles. The molecular formula is C16H21N3. The first-order valence-electron chi connectivity index (χ1n) is 6.73. The third-order valence-corrected chi connectivity index (χ3v) is 3.27. The van der Waals surface area contributed by atoms with Crippen LogP contribution in [-0.4, -0.2) is 23.0 Å². The summed E-state index contributed by atoms with van der Waals surface area (Å²) in [5.74, 6) is 0. The van der Waals surface area contributed by atoms with Crippen molar-refractivity contribution in [3.05, 3.63) is 59.9 Å². The van der Waals surface area contributed by atoms with Gasteiger partial charge in [-0.1, -0.05) is 25.1 Å². The molecule has 0 bridgehead atoms. The molecule has 1 heterocycles. The lowest BCUT2D eigenvalue weighted by Crippen LogP contribution is -2.25. The first-order chi connectivity index (χ1) is 9.28. The zero-order chi connectivity index (χ0) is 13.5. The highest BCUT2D eigenvalue weighted by Crippen LogP contribution is 2.09. The van der Waals surface area contributed by atoms with E-state index in [2.05, 4.69) is 35.0 Å². The van der Waals surface area contributed by atoms with Gasteiger partial charge in [-0.25, -0.2) is 0 Å². The molecule has 100 valence electrons. The molecule has 3 heteroatoms. The van der Waals surface area contributed by atoms with Crippen LogP contribution >= 0.6 is 0 Å². The second-order valence-electron chi connectivity index (χ2n) is 4.72. The Hall–Kier alpha value is -1.87. The van der Waals surface area contributed by atoms with Crippen molar-refractivity contribution in [3.8, 4) is 0 Å². The Kier molecular flexibility index (Phi) is 4.93. The quantitative estimate of drug-likeness (QED) is 0.807. The van der Waals surface area contributed by atoms with E-state index in [0.29, 0.717) is 0 Å². The fraction of sp³-hybridized carbons (Fsp3) is 0.312. The van der Waals surface area contributed by atoms with Gasteiger partial charge in [-0.05, 0) is 42.3 Å². The van der Waals surface area contributed by atoms with Crippen molar-refractivity contribution in [1.29, 1.82) is 0 Å². The van der Waals surface area contributed by atoms with Crippen LogP contribution in [0.2, 0.25) is 0 Å². The van der Waals surface area contributed by atoms with Gasteiger partial charge in [0.2, 0.25) is 0 Å². The summed E-state index contributed by atoms with van der Waals surface area (Å²) >= 11 is 0. The summed E-state index contributed by atoms with van der Waals surface area (Å²) < 4.78 is 0. The smallest absolute Gasteiger partial charge is 0.0314 e. The van der Waals surface area contributed by atoms with Crippen molar-refractivity contribution >= 4 is 5.69 Å². The van der Waals surface area contributed by atoms with E-state index in [-0.39, 0.29) is 0 Å². The molecule has 0 saturated carbocycles. The third-order valence-electron chi connectivity index (χ3n) is 3.27. The van der Waals surface area contributed by atoms with Crippen molar-refractivity contribution in [2.24, 2.45) is 0 Å². The average molecular weight is 255 g/mol. The largest absolute Gasteiger partial charge is 0.399 e. The number of benzene rings is 1. The minimum atomic E-state index is 0.821. The van der Waals surface area contributed by atoms with E-state index in [9.17, 15) is 0 Å². The number of aromatic nitrogens is 1. The van der Waals surface area contributed by atoms with Crippen LogP contribution in [0.4, 0.5) is 5.69 Å². The lowest BCUT2D eigenvalue weighted by atomic mass is 10.1. The normalized spacial score (nSPS) is 10.8. The molecule has 0 radical (unpaired) electrons. The Labute approximate surface area is 115 Å². The lowest BCUT2D eigenvalue weighted by molar-refractivity contribution is 0.283. The maximum Gasteiger partial charge on any atom is 0.0314 e. The molecule has 0 atom stereocenters. The Morgan fingerprint density at radius 2 is 1.89 bits per heavy atom. The summed E-state index contributed by atoms with van der Waals surface area (Å²) in [5.41, 5.74) is 9.12. The van der Waals surface area contributed by atoms with E-state index in [1.807, 2.05) is 30.6 Å². The average Bonchev–Trinajstić information content (AvgIpc) is 2.46. The third kappa shape index (κ3) is 4.38. The molecule has 19 heavy (non-hydrogen) atoms. The van der Waals surface area contributed by atoms with Crippen LogP contribution in [0.5, 0.6) is 0 Å². The summed E-state index contributed by atoms with van der Waals surface area (Å²) in [5, 5.41) is 0. The summed E-state index contributed by atoms with van der Waals surface area (Å²) in [6.45, 7) is 5.26. The number of rotatable bonds is 6. The van der Waals surface area contributed by atoms with Crippen LogP contribution < -0.4 is 5.73 Å². The predicted octanol–water partition coefficient (Wildman–Crippen LogP) is 2.73. The van der Waals surface area contributed by atoms with Crippen LogP contribution in [0.1, 0.15) is 18.1 Å². The second-order valence-corrected chi connectivity index (χ2v) is 4.72. The topological polar surface area (TPSA) is 42.2 Å². The molecule has 0 unspecified atom stereocenters. The molecule has 1 aromatic heterocycles. The summed E-state index contributed by atoms with van der Waals surface area (Å²) in [4.78, 5) is 6.58. The van der Waals surface area contributed by atoms with Crippen LogP contribution in [-0.2, 0) is 13.0 Å². The van der Waals surface area contributed by atoms with Gasteiger partial charge < -0.3 is 5.73 Å². The molecule has 0 fully saturated rings. The Morgan fingerprint density at radius 1 is 1.11 bits per heavy atom. The van der Waals surface area contributed by atoms with Gasteiger partial charge in [-0.2, -0.15) is 0 Å². The first-order valence-corrected chi connectivity index (χ1v) is 6.73. The van der Waals surface area contributed by atoms with Crippen molar-refractivity contribution in [2.45, 2.75) is 19.9 Å². The fourth-order valence-electron chi connectivity index (χ4n) is 2.06. The number of anilines is 1. The minimum Gasteiger partial charge on any atom is -0.399 e. The van der Waals surface area contributed by atoms with Gasteiger partial charge in [0.1, 0.15) is 0 Å². The first kappa shape index (κ1) is 13.6. The van der Waals surface area contributed by atoms with Gasteiger partial charge in [0, 0.05) is 31.2 Å². The number of pyridine rings is 1. The van der Waals surface area contributed by atoms with Crippen molar-refractivity contribution in [3.63, 3.8) is 0 Å². The van der Waals surface area contributed by atoms with E-state index >= 15 is 0 Å². The standard InChI is InChI=1S/C16H21N3/c1-2-19(11-9-14-4-3-10-18-12-14)13-15-5-7-16(17)8-6-15/h3-8,10,12H,2,9,11,13,17H2,1H3. The fourth-order valence-corrected chi connectivity index (χ4v) is 2.06. The Bertz CT molecular complexity index is 479. The molecule has 2 N–H and O–H groups in total. The van der Waals surface area contributed by atoms with Gasteiger partial charge >= 0.3 is 0 Å². The SMILES string of the molecule is CCN(CCc1cccnc1)Cc1ccc(N)cc1. The van der Waals surface area contributed by atoms with Crippen molar-refractivity contribution in [1.82, 2.24) is 9.88 Å². The lowest BCUT2D eigenvalue weighted by Gasteiger charge is -2.20. The molecule has 2 rings (SSSR count). The van der Waals surface area contributed by atoms with E-state index in [1.165, 1.54) is 11.1 Å². The number of hydrogen-bond donors (Lipinski definition) is 1. The zero-order valence-corrected chi connectivity index (χ0v) is 11.4. The summed E-state index contributed by atoms with van der Waals surface area (Å²) in [7, 11) is 0. The highest BCUT2D eigenvalue weighted by atomic mass is 15.1. The molecule has 3 nitrogen and oxygen atoms in total. The number of nitrogen functional groups attached to an aromatic ring is 1. The van der Waals surface area contributed by atoms with Crippen molar-refractivity contribution < 1.29 is 0 Å². The van der Waals surface area contributed by atoms with Crippen LogP contribution in [0.15, 0.2) is 48.8 Å². The minimum absolute atomic E-state index is 0.821. The van der Waals surface area contributed by atoms with E-state index in [4.69, 9.17) is 5.73 Å². The van der Waals surface area contributed by atoms with Gasteiger partial charge in [0.25, 0.3) is 0 Å². The Balaban J connectivity index is 1.88. The van der Waals surface area contributed by atoms with Gasteiger partial charge in [0.05, 0.1) is 0 Å². The molecule has 0 amide bonds. The molecule has 0 spiro atoms. The number of likely N-dealkylation sites (N-methyl/N-ethyl adjacent to an activating group) is 1. The Morgan fingerprint density at radius 3 is 2.53 bits per heavy atom. The molecular weight excluding hydrogens is 234 g/mol. The molecule has 0 aliphatic heterocycles. The van der Waals surface area contributed by atoms with E-state index < -0.39 is 0 Å². The van der Waals surface area contributed by atoms with Crippen LogP contribution in [0.3, 0.4) is 0 Å².